The molecule has 1 aliphatic carbocycles. The molecule has 0 saturated carbocycles. The van der Waals surface area contributed by atoms with Gasteiger partial charge in [0.1, 0.15) is 17.6 Å². The highest BCUT2D eigenvalue weighted by Crippen LogP contribution is 2.26. The van der Waals surface area contributed by atoms with E-state index in [2.05, 4.69) is 5.16 Å². The van der Waals surface area contributed by atoms with Crippen LogP contribution in [0.3, 0.4) is 0 Å². The van der Waals surface area contributed by atoms with Gasteiger partial charge in [-0.2, -0.15) is 0 Å². The fourth-order valence-electron chi connectivity index (χ4n) is 1.70. The molecule has 0 atom stereocenters. The smallest absolute Gasteiger partial charge is 0.339 e. The Balaban J connectivity index is 2.58. The number of carboxylic acids is 1. The number of fused-ring (bicyclic) bond motifs is 1. The van der Waals surface area contributed by atoms with Crippen LogP contribution in [0.4, 0.5) is 0 Å². The normalized spacial score (nSPS) is 18.1. The molecule has 0 amide bonds. The van der Waals surface area contributed by atoms with E-state index in [1.54, 1.807) is 0 Å². The van der Waals surface area contributed by atoms with Gasteiger partial charge in [-0.3, -0.25) is 0 Å². The van der Waals surface area contributed by atoms with Gasteiger partial charge >= 0.3 is 5.97 Å². The van der Waals surface area contributed by atoms with Gasteiger partial charge in [-0.05, 0) is 12.8 Å². The molecule has 0 unspecified atom stereocenters. The Hall–Kier alpha value is -1.78. The van der Waals surface area contributed by atoms with Crippen molar-refractivity contribution in [2.75, 3.05) is 0 Å². The molecular weight excluding hydrogens is 186 g/mol. The summed E-state index contributed by atoms with van der Waals surface area (Å²) >= 11 is 0. The van der Waals surface area contributed by atoms with Crippen LogP contribution in [0.15, 0.2) is 15.8 Å². The van der Waals surface area contributed by atoms with Gasteiger partial charge in [-0.1, -0.05) is 5.16 Å². The molecule has 0 saturated heterocycles. The van der Waals surface area contributed by atoms with Crippen molar-refractivity contribution in [3.63, 3.8) is 0 Å². The number of carbonyl (C=O) groups is 1. The monoisotopic (exact) mass is 195 g/mol. The van der Waals surface area contributed by atoms with Gasteiger partial charge in [0.25, 0.3) is 0 Å². The number of carboxylic acid groups (broad SMARTS) is 1. The molecular formula is C9H9NO4. The van der Waals surface area contributed by atoms with E-state index in [0.717, 1.165) is 6.42 Å². The van der Waals surface area contributed by atoms with Crippen molar-refractivity contribution in [3.05, 3.63) is 23.2 Å². The molecule has 1 aromatic heterocycles. The van der Waals surface area contributed by atoms with Gasteiger partial charge in [0.15, 0.2) is 0 Å². The lowest BCUT2D eigenvalue weighted by molar-refractivity contribution is 0.0696. The maximum Gasteiger partial charge on any atom is 0.339 e. The number of rotatable bonds is 1. The largest absolute Gasteiger partial charge is 0.478 e. The summed E-state index contributed by atoms with van der Waals surface area (Å²) in [7, 11) is 0. The molecule has 5 heteroatoms. The average Bonchev–Trinajstić information content (AvgIpc) is 2.60. The minimum atomic E-state index is -1.06. The first-order valence-corrected chi connectivity index (χ1v) is 4.29. The van der Waals surface area contributed by atoms with E-state index < -0.39 is 5.97 Å². The van der Waals surface area contributed by atoms with Gasteiger partial charge in [0, 0.05) is 6.42 Å². The van der Waals surface area contributed by atoms with E-state index in [4.69, 9.17) is 14.7 Å². The summed E-state index contributed by atoms with van der Waals surface area (Å²) in [5.74, 6) is -0.459. The highest BCUT2D eigenvalue weighted by atomic mass is 16.4. The van der Waals surface area contributed by atoms with Crippen LogP contribution >= 0.6 is 0 Å². The molecule has 1 heterocycles. The third-order valence-corrected chi connectivity index (χ3v) is 2.32. The van der Waals surface area contributed by atoms with E-state index in [0.29, 0.717) is 29.9 Å². The summed E-state index contributed by atoms with van der Waals surface area (Å²) in [6.45, 7) is 0. The van der Waals surface area contributed by atoms with E-state index in [9.17, 15) is 4.79 Å². The van der Waals surface area contributed by atoms with Gasteiger partial charge in [-0.15, -0.1) is 0 Å². The summed E-state index contributed by atoms with van der Waals surface area (Å²) in [6.07, 6.45) is 3.30. The van der Waals surface area contributed by atoms with Crippen LogP contribution in [-0.2, 0) is 6.42 Å². The Morgan fingerprint density at radius 3 is 2.93 bits per heavy atom. The molecule has 2 rings (SSSR count). The standard InChI is InChI=1S/C9H9NO4/c11-9(12)5-4-14-7-3-1-2-6(10-13)8(5)7/h4,13H,1-3H2,(H,11,12)/b10-6-. The number of hydrogen-bond donors (Lipinski definition) is 2. The third kappa shape index (κ3) is 1.17. The molecule has 1 aromatic rings. The Bertz CT molecular complexity index is 405. The predicted octanol–water partition coefficient (Wildman–Crippen LogP) is 1.49. The minimum absolute atomic E-state index is 0.0764. The maximum atomic E-state index is 10.8. The first-order chi connectivity index (χ1) is 6.74. The van der Waals surface area contributed by atoms with E-state index >= 15 is 0 Å². The third-order valence-electron chi connectivity index (χ3n) is 2.32. The second-order valence-electron chi connectivity index (χ2n) is 3.15. The zero-order valence-corrected chi connectivity index (χ0v) is 7.36. The molecule has 0 aliphatic heterocycles. The Kier molecular flexibility index (Phi) is 1.99. The number of furan rings is 1. The zero-order chi connectivity index (χ0) is 10.1. The number of hydrogen-bond acceptors (Lipinski definition) is 4. The fraction of sp³-hybridized carbons (Fsp3) is 0.333. The van der Waals surface area contributed by atoms with Crippen molar-refractivity contribution >= 4 is 11.7 Å². The van der Waals surface area contributed by atoms with Crippen molar-refractivity contribution in [1.82, 2.24) is 0 Å². The Morgan fingerprint density at radius 2 is 2.29 bits per heavy atom. The minimum Gasteiger partial charge on any atom is -0.478 e. The van der Waals surface area contributed by atoms with Gasteiger partial charge in [-0.25, -0.2) is 4.79 Å². The van der Waals surface area contributed by atoms with Gasteiger partial charge in [0.05, 0.1) is 11.3 Å². The number of aryl methyl sites for hydroxylation is 1. The molecule has 0 spiro atoms. The quantitative estimate of drug-likeness (QED) is 0.525. The first kappa shape index (κ1) is 8.80. The molecule has 1 aliphatic rings. The van der Waals surface area contributed by atoms with Crippen LogP contribution in [-0.4, -0.2) is 22.0 Å². The maximum absolute atomic E-state index is 10.8. The Morgan fingerprint density at radius 1 is 1.50 bits per heavy atom. The van der Waals surface area contributed by atoms with Crippen LogP contribution in [0, 0.1) is 0 Å². The average molecular weight is 195 g/mol. The molecule has 0 fully saturated rings. The lowest BCUT2D eigenvalue weighted by Gasteiger charge is -2.11. The number of oxime groups is 1. The topological polar surface area (TPSA) is 83.0 Å². The molecule has 5 nitrogen and oxygen atoms in total. The second-order valence-corrected chi connectivity index (χ2v) is 3.15. The molecule has 14 heavy (non-hydrogen) atoms. The van der Waals surface area contributed by atoms with Crippen molar-refractivity contribution in [2.24, 2.45) is 5.16 Å². The van der Waals surface area contributed by atoms with Gasteiger partial charge in [0.2, 0.25) is 0 Å². The molecule has 0 radical (unpaired) electrons. The van der Waals surface area contributed by atoms with Crippen LogP contribution in [0.2, 0.25) is 0 Å². The summed E-state index contributed by atoms with van der Waals surface area (Å²) in [6, 6.07) is 0. The van der Waals surface area contributed by atoms with E-state index in [1.807, 2.05) is 0 Å². The van der Waals surface area contributed by atoms with Crippen LogP contribution in [0.25, 0.3) is 0 Å². The highest BCUT2D eigenvalue weighted by molar-refractivity contribution is 6.09. The van der Waals surface area contributed by atoms with Crippen LogP contribution in [0.1, 0.15) is 34.5 Å². The Labute approximate surface area is 79.6 Å². The molecule has 74 valence electrons. The van der Waals surface area contributed by atoms with Crippen molar-refractivity contribution in [3.8, 4) is 0 Å². The predicted molar refractivity (Wildman–Crippen MR) is 46.9 cm³/mol. The van der Waals surface area contributed by atoms with E-state index in [1.165, 1.54) is 6.26 Å². The SMILES string of the molecule is O=C(O)c1coc2c1/C(=N\O)CCC2. The van der Waals surface area contributed by atoms with Crippen molar-refractivity contribution in [2.45, 2.75) is 19.3 Å². The van der Waals surface area contributed by atoms with Crippen LogP contribution < -0.4 is 0 Å². The summed E-state index contributed by atoms with van der Waals surface area (Å²) < 4.78 is 5.11. The van der Waals surface area contributed by atoms with Gasteiger partial charge < -0.3 is 14.7 Å². The second kappa shape index (κ2) is 3.17. The van der Waals surface area contributed by atoms with Crippen LogP contribution in [0.5, 0.6) is 0 Å². The lowest BCUT2D eigenvalue weighted by Crippen LogP contribution is -2.13. The molecule has 0 bridgehead atoms. The highest BCUT2D eigenvalue weighted by Gasteiger charge is 2.26. The summed E-state index contributed by atoms with van der Waals surface area (Å²) in [4.78, 5) is 10.8. The summed E-state index contributed by atoms with van der Waals surface area (Å²) in [5.41, 5.74) is 0.927. The fourth-order valence-corrected chi connectivity index (χ4v) is 1.70. The lowest BCUT2D eigenvalue weighted by atomic mass is 9.93. The zero-order valence-electron chi connectivity index (χ0n) is 7.36. The summed E-state index contributed by atoms with van der Waals surface area (Å²) in [5, 5.41) is 20.7. The van der Waals surface area contributed by atoms with Crippen molar-refractivity contribution < 1.29 is 19.5 Å². The molecule has 0 aromatic carbocycles. The molecule has 2 N–H and O–H groups in total. The van der Waals surface area contributed by atoms with E-state index in [-0.39, 0.29) is 5.56 Å². The first-order valence-electron chi connectivity index (χ1n) is 4.29. The number of nitrogens with zero attached hydrogens (tertiary/aromatic N) is 1. The number of aromatic carboxylic acids is 1. The van der Waals surface area contributed by atoms with Crippen molar-refractivity contribution in [1.29, 1.82) is 0 Å².